The summed E-state index contributed by atoms with van der Waals surface area (Å²) >= 11 is 0. The van der Waals surface area contributed by atoms with Crippen molar-refractivity contribution in [3.8, 4) is 0 Å². The maximum absolute atomic E-state index is 12.3. The second-order valence-electron chi connectivity index (χ2n) is 10.5. The van der Waals surface area contributed by atoms with E-state index >= 15 is 0 Å². The Morgan fingerprint density at radius 2 is 1.58 bits per heavy atom. The first kappa shape index (κ1) is 35.8. The van der Waals surface area contributed by atoms with Crippen LogP contribution in [0, 0.1) is 0 Å². The van der Waals surface area contributed by atoms with E-state index in [-0.39, 0.29) is 0 Å². The average molecular weight is 634 g/mol. The van der Waals surface area contributed by atoms with Gasteiger partial charge in [0.05, 0.1) is 32.0 Å². The summed E-state index contributed by atoms with van der Waals surface area (Å²) in [6, 6.07) is -1.48. The fourth-order valence-corrected chi connectivity index (χ4v) is 5.05. The van der Waals surface area contributed by atoms with Gasteiger partial charge in [-0.05, 0) is 0 Å². The number of carboxylic acid groups (broad SMARTS) is 1. The van der Waals surface area contributed by atoms with Crippen molar-refractivity contribution in [2.45, 2.75) is 111 Å². The van der Waals surface area contributed by atoms with Crippen molar-refractivity contribution < 1.29 is 94.6 Å². The van der Waals surface area contributed by atoms with Crippen LogP contribution in [0.4, 0.5) is 0 Å². The lowest BCUT2D eigenvalue weighted by Gasteiger charge is -2.48. The third kappa shape index (κ3) is 7.58. The number of hydrogen-bond donors (Lipinski definition) is 13. The first-order valence-electron chi connectivity index (χ1n) is 13.2. The smallest absolute Gasteiger partial charge is 0.364 e. The Hall–Kier alpha value is -1.70. The van der Waals surface area contributed by atoms with Crippen LogP contribution < -0.4 is 5.32 Å². The zero-order valence-electron chi connectivity index (χ0n) is 22.7. The zero-order chi connectivity index (χ0) is 32.4. The fourth-order valence-electron chi connectivity index (χ4n) is 5.05. The van der Waals surface area contributed by atoms with Crippen LogP contribution in [-0.4, -0.2) is 191 Å². The summed E-state index contributed by atoms with van der Waals surface area (Å²) in [4.78, 5) is 24.0. The number of hydrogen-bond acceptors (Lipinski definition) is 18. The van der Waals surface area contributed by atoms with Gasteiger partial charge >= 0.3 is 5.97 Å². The quantitative estimate of drug-likeness (QED) is 0.100. The number of aliphatic carboxylic acids is 1. The van der Waals surface area contributed by atoms with Gasteiger partial charge in [0.25, 0.3) is 5.79 Å². The molecule has 0 saturated carbocycles. The first-order valence-corrected chi connectivity index (χ1v) is 13.2. The Balaban J connectivity index is 1.82. The molecule has 43 heavy (non-hydrogen) atoms. The third-order valence-corrected chi connectivity index (χ3v) is 7.47. The second kappa shape index (κ2) is 14.6. The predicted molar refractivity (Wildman–Crippen MR) is 130 cm³/mol. The van der Waals surface area contributed by atoms with E-state index in [1.165, 1.54) is 0 Å². The number of carbonyl (C=O) groups excluding carboxylic acids is 1. The van der Waals surface area contributed by atoms with Crippen molar-refractivity contribution >= 4 is 11.9 Å². The van der Waals surface area contributed by atoms with Gasteiger partial charge in [0, 0.05) is 13.3 Å². The number of nitrogens with one attached hydrogen (secondary N) is 1. The van der Waals surface area contributed by atoms with Crippen molar-refractivity contribution in [2.24, 2.45) is 0 Å². The van der Waals surface area contributed by atoms with Crippen LogP contribution in [0.15, 0.2) is 0 Å². The van der Waals surface area contributed by atoms with Gasteiger partial charge in [0.2, 0.25) is 5.91 Å². The van der Waals surface area contributed by atoms with E-state index < -0.39 is 136 Å². The maximum atomic E-state index is 12.3. The van der Waals surface area contributed by atoms with Gasteiger partial charge in [-0.1, -0.05) is 0 Å². The van der Waals surface area contributed by atoms with Gasteiger partial charge < -0.3 is 90.3 Å². The van der Waals surface area contributed by atoms with Crippen LogP contribution in [0.1, 0.15) is 13.3 Å². The van der Waals surface area contributed by atoms with Gasteiger partial charge in [-0.25, -0.2) is 4.79 Å². The molecule has 15 unspecified atom stereocenters. The standard InChI is InChI=1S/C23H39NO19/c1-6(27)24-11-7(28)2-23(22(37)38,43-19(11)12(30)8(29)3-25)39-5-10-13(31)14(32)17(35)21(41-10)42-18-9(4-26)40-20(36)16(34)15(18)33/h7-21,25-26,28-36H,2-5H2,1H3,(H,24,27)(H,37,38)/t7?,8?,9?,10?,11?,12?,13?,14?,15?,16?,17?,18?,19?,20?,21?,23-/m1/s1. The van der Waals surface area contributed by atoms with Crippen LogP contribution in [0.3, 0.4) is 0 Å². The molecule has 20 heteroatoms. The van der Waals surface area contributed by atoms with Crippen molar-refractivity contribution in [2.75, 3.05) is 19.8 Å². The molecule has 0 aliphatic carbocycles. The Morgan fingerprint density at radius 3 is 2.14 bits per heavy atom. The Morgan fingerprint density at radius 1 is 0.930 bits per heavy atom. The number of carboxylic acids is 1. The highest BCUT2D eigenvalue weighted by Crippen LogP contribution is 2.35. The molecule has 3 fully saturated rings. The topological polar surface area (TPSA) is 335 Å². The van der Waals surface area contributed by atoms with Crippen LogP contribution in [0.5, 0.6) is 0 Å². The van der Waals surface area contributed by atoms with E-state index in [1.807, 2.05) is 0 Å². The van der Waals surface area contributed by atoms with Crippen LogP contribution in [-0.2, 0) is 33.3 Å². The molecule has 1 amide bonds. The molecule has 3 aliphatic rings. The van der Waals surface area contributed by atoms with Crippen molar-refractivity contribution in [3.05, 3.63) is 0 Å². The molecule has 250 valence electrons. The van der Waals surface area contributed by atoms with Crippen molar-refractivity contribution in [3.63, 3.8) is 0 Å². The van der Waals surface area contributed by atoms with Gasteiger partial charge in [-0.3, -0.25) is 4.79 Å². The third-order valence-electron chi connectivity index (χ3n) is 7.47. The molecule has 3 aliphatic heterocycles. The van der Waals surface area contributed by atoms with Crippen molar-refractivity contribution in [1.29, 1.82) is 0 Å². The monoisotopic (exact) mass is 633 g/mol. The number of aliphatic hydroxyl groups excluding tert-OH is 11. The molecule has 16 atom stereocenters. The normalized spacial score (nSPS) is 45.3. The summed E-state index contributed by atoms with van der Waals surface area (Å²) in [5.74, 6) is -5.42. The fraction of sp³-hybridized carbons (Fsp3) is 0.913. The number of rotatable bonds is 11. The lowest BCUT2D eigenvalue weighted by atomic mass is 9.88. The summed E-state index contributed by atoms with van der Waals surface area (Å²) in [6.07, 6.45) is -27.0. The highest BCUT2D eigenvalue weighted by molar-refractivity contribution is 5.76. The molecule has 0 radical (unpaired) electrons. The predicted octanol–water partition coefficient (Wildman–Crippen LogP) is -8.22. The molecule has 0 aromatic rings. The van der Waals surface area contributed by atoms with Crippen LogP contribution in [0.25, 0.3) is 0 Å². The number of carbonyl (C=O) groups is 2. The van der Waals surface area contributed by atoms with E-state index in [9.17, 15) is 70.9 Å². The largest absolute Gasteiger partial charge is 0.477 e. The summed E-state index contributed by atoms with van der Waals surface area (Å²) < 4.78 is 26.7. The van der Waals surface area contributed by atoms with E-state index in [0.29, 0.717) is 0 Å². The van der Waals surface area contributed by atoms with E-state index in [0.717, 1.165) is 6.92 Å². The molecule has 0 aromatic carbocycles. The molecule has 3 saturated heterocycles. The van der Waals surface area contributed by atoms with E-state index in [1.54, 1.807) is 0 Å². The van der Waals surface area contributed by atoms with Gasteiger partial charge in [0.15, 0.2) is 12.6 Å². The second-order valence-corrected chi connectivity index (χ2v) is 10.5. The molecule has 3 rings (SSSR count). The molecule has 0 bridgehead atoms. The van der Waals surface area contributed by atoms with Crippen LogP contribution >= 0.6 is 0 Å². The molecule has 3 heterocycles. The van der Waals surface area contributed by atoms with Gasteiger partial charge in [-0.15, -0.1) is 0 Å². The molecule has 0 aromatic heterocycles. The Bertz CT molecular complexity index is 942. The minimum Gasteiger partial charge on any atom is -0.477 e. The van der Waals surface area contributed by atoms with Gasteiger partial charge in [-0.2, -0.15) is 0 Å². The van der Waals surface area contributed by atoms with Crippen molar-refractivity contribution in [1.82, 2.24) is 5.32 Å². The highest BCUT2D eigenvalue weighted by Gasteiger charge is 2.57. The van der Waals surface area contributed by atoms with E-state index in [4.69, 9.17) is 23.7 Å². The SMILES string of the molecule is CC(=O)NC1C(O)C[C@](OCC2OC(OC3C(CO)OC(O)C(O)C3O)C(O)C(O)C2O)(C(=O)O)OC1C(O)C(O)CO. The van der Waals surface area contributed by atoms with Crippen LogP contribution in [0.2, 0.25) is 0 Å². The molecule has 13 N–H and O–H groups in total. The lowest BCUT2D eigenvalue weighted by Crippen LogP contribution is -2.68. The summed E-state index contributed by atoms with van der Waals surface area (Å²) in [5.41, 5.74) is 0. The Kier molecular flexibility index (Phi) is 12.1. The first-order chi connectivity index (χ1) is 20.1. The zero-order valence-corrected chi connectivity index (χ0v) is 22.7. The van der Waals surface area contributed by atoms with E-state index in [2.05, 4.69) is 5.32 Å². The number of aliphatic hydroxyl groups is 11. The number of amides is 1. The van der Waals surface area contributed by atoms with Gasteiger partial charge in [0.1, 0.15) is 67.1 Å². The summed E-state index contributed by atoms with van der Waals surface area (Å²) in [7, 11) is 0. The summed E-state index contributed by atoms with van der Waals surface area (Å²) in [6.45, 7) is -1.76. The molecular formula is C23H39NO19. The molecule has 0 spiro atoms. The Labute approximate surface area is 243 Å². The minimum absolute atomic E-state index is 0.719. The highest BCUT2D eigenvalue weighted by atomic mass is 16.8. The maximum Gasteiger partial charge on any atom is 0.364 e. The number of ether oxygens (including phenoxy) is 5. The molecule has 20 nitrogen and oxygen atoms in total. The average Bonchev–Trinajstić information content (AvgIpc) is 2.96. The molecular weight excluding hydrogens is 594 g/mol. The minimum atomic E-state index is -2.83. The lowest BCUT2D eigenvalue weighted by molar-refractivity contribution is -0.364. The summed E-state index contributed by atoms with van der Waals surface area (Å²) in [5, 5.41) is 123.